The average Bonchev–Trinajstić information content (AvgIpc) is 3.20. The van der Waals surface area contributed by atoms with Crippen molar-refractivity contribution in [1.29, 1.82) is 5.41 Å². The van der Waals surface area contributed by atoms with Gasteiger partial charge in [-0.05, 0) is 37.0 Å². The van der Waals surface area contributed by atoms with Crippen molar-refractivity contribution in [1.82, 2.24) is 14.5 Å². The van der Waals surface area contributed by atoms with Gasteiger partial charge in [0.05, 0.1) is 11.4 Å². The smallest absolute Gasteiger partial charge is 0.266 e. The van der Waals surface area contributed by atoms with Crippen LogP contribution in [0.4, 0.5) is 0 Å². The van der Waals surface area contributed by atoms with E-state index in [2.05, 4.69) is 5.32 Å². The standard InChI is InChI=1S/C22H34N4O4S2/c1-2-31(28)17-13-21(27)24-14-12-18-8-10-20(11-9-18)32(29,30)26-16-15-25(22(26)23)19-6-4-3-5-7-19/h8-11,19,23H,2-7,12-17H2,1H3,(H,24,27). The molecule has 1 aromatic rings. The largest absolute Gasteiger partial charge is 0.356 e. The number of carbonyl (C=O) groups is 1. The Balaban J connectivity index is 1.53. The summed E-state index contributed by atoms with van der Waals surface area (Å²) in [6, 6.07) is 6.94. The molecule has 2 aliphatic rings. The van der Waals surface area contributed by atoms with Gasteiger partial charge in [-0.15, -0.1) is 0 Å². The van der Waals surface area contributed by atoms with E-state index in [1.165, 1.54) is 10.7 Å². The highest BCUT2D eigenvalue weighted by Gasteiger charge is 2.38. The number of hydrogen-bond acceptors (Lipinski definition) is 5. The fourth-order valence-electron chi connectivity index (χ4n) is 4.28. The molecule has 1 heterocycles. The first-order valence-electron chi connectivity index (χ1n) is 11.4. The summed E-state index contributed by atoms with van der Waals surface area (Å²) in [5.41, 5.74) is 0.918. The van der Waals surface area contributed by atoms with E-state index in [-0.39, 0.29) is 29.2 Å². The Hall–Kier alpha value is -1.94. The molecule has 8 nitrogen and oxygen atoms in total. The first-order valence-corrected chi connectivity index (χ1v) is 14.3. The van der Waals surface area contributed by atoms with Crippen molar-refractivity contribution in [2.24, 2.45) is 0 Å². The lowest BCUT2D eigenvalue weighted by Gasteiger charge is -2.32. The number of benzene rings is 1. The summed E-state index contributed by atoms with van der Waals surface area (Å²) in [5, 5.41) is 11.3. The molecule has 3 rings (SSSR count). The number of guanidine groups is 1. The molecule has 2 fully saturated rings. The van der Waals surface area contributed by atoms with Gasteiger partial charge in [0.1, 0.15) is 0 Å². The molecule has 178 valence electrons. The third-order valence-corrected chi connectivity index (χ3v) is 9.30. The summed E-state index contributed by atoms with van der Waals surface area (Å²) < 4.78 is 38.9. The fourth-order valence-corrected chi connectivity index (χ4v) is 6.37. The SMILES string of the molecule is CCS(=O)CCC(=O)NCCc1ccc(S(=O)(=O)N2CCN(C3CCCCC3)C2=N)cc1. The molecule has 0 spiro atoms. The summed E-state index contributed by atoms with van der Waals surface area (Å²) in [6.07, 6.45) is 6.38. The quantitative estimate of drug-likeness (QED) is 0.530. The molecule has 1 saturated carbocycles. The van der Waals surface area contributed by atoms with E-state index >= 15 is 0 Å². The lowest BCUT2D eigenvalue weighted by Crippen LogP contribution is -2.42. The third-order valence-electron chi connectivity index (χ3n) is 6.19. The maximum Gasteiger partial charge on any atom is 0.266 e. The van der Waals surface area contributed by atoms with Gasteiger partial charge in [-0.25, -0.2) is 12.7 Å². The molecule has 0 aromatic heterocycles. The molecule has 1 aliphatic carbocycles. The van der Waals surface area contributed by atoms with Crippen molar-refractivity contribution in [2.75, 3.05) is 31.1 Å². The zero-order chi connectivity index (χ0) is 23.1. The van der Waals surface area contributed by atoms with Gasteiger partial charge in [0.25, 0.3) is 10.0 Å². The van der Waals surface area contributed by atoms with Crippen LogP contribution in [0.3, 0.4) is 0 Å². The van der Waals surface area contributed by atoms with Crippen molar-refractivity contribution >= 4 is 32.7 Å². The number of nitrogens with zero attached hydrogens (tertiary/aromatic N) is 2. The molecule has 1 aliphatic heterocycles. The van der Waals surface area contributed by atoms with Gasteiger partial charge in [0.15, 0.2) is 0 Å². The molecular weight excluding hydrogens is 448 g/mol. The number of rotatable bonds is 10. The Kier molecular flexibility index (Phi) is 8.70. The van der Waals surface area contributed by atoms with Gasteiger partial charge >= 0.3 is 0 Å². The van der Waals surface area contributed by atoms with Crippen molar-refractivity contribution in [3.8, 4) is 0 Å². The third kappa shape index (κ3) is 6.10. The maximum absolute atomic E-state index is 13.1. The Morgan fingerprint density at radius 2 is 1.84 bits per heavy atom. The summed E-state index contributed by atoms with van der Waals surface area (Å²) in [4.78, 5) is 13.9. The van der Waals surface area contributed by atoms with Crippen LogP contribution in [-0.2, 0) is 32.0 Å². The van der Waals surface area contributed by atoms with Crippen molar-refractivity contribution < 1.29 is 17.4 Å². The molecule has 2 N–H and O–H groups in total. The number of hydrogen-bond donors (Lipinski definition) is 2. The fraction of sp³-hybridized carbons (Fsp3) is 0.636. The highest BCUT2D eigenvalue weighted by atomic mass is 32.2. The van der Waals surface area contributed by atoms with Crippen LogP contribution in [0.25, 0.3) is 0 Å². The van der Waals surface area contributed by atoms with Gasteiger partial charge in [0, 0.05) is 47.9 Å². The van der Waals surface area contributed by atoms with Gasteiger partial charge in [-0.2, -0.15) is 0 Å². The minimum atomic E-state index is -3.76. The number of sulfonamides is 1. The van der Waals surface area contributed by atoms with Crippen molar-refractivity contribution in [3.63, 3.8) is 0 Å². The molecule has 1 amide bonds. The molecule has 32 heavy (non-hydrogen) atoms. The Labute approximate surface area is 193 Å². The molecule has 1 unspecified atom stereocenters. The molecule has 10 heteroatoms. The second-order valence-corrected chi connectivity index (χ2v) is 12.0. The van der Waals surface area contributed by atoms with Crippen LogP contribution in [0, 0.1) is 5.41 Å². The van der Waals surface area contributed by atoms with E-state index in [0.717, 1.165) is 31.2 Å². The summed E-state index contributed by atoms with van der Waals surface area (Å²) in [7, 11) is -4.71. The zero-order valence-electron chi connectivity index (χ0n) is 18.7. The predicted molar refractivity (Wildman–Crippen MR) is 127 cm³/mol. The topological polar surface area (TPSA) is 111 Å². The van der Waals surface area contributed by atoms with E-state index in [9.17, 15) is 17.4 Å². The minimum absolute atomic E-state index is 0.0905. The highest BCUT2D eigenvalue weighted by Crippen LogP contribution is 2.28. The highest BCUT2D eigenvalue weighted by molar-refractivity contribution is 7.89. The molecule has 1 saturated heterocycles. The lowest BCUT2D eigenvalue weighted by atomic mass is 9.94. The second kappa shape index (κ2) is 11.3. The number of carbonyl (C=O) groups excluding carboxylic acids is 1. The number of amides is 1. The van der Waals surface area contributed by atoms with Gasteiger partial charge < -0.3 is 10.2 Å². The van der Waals surface area contributed by atoms with E-state index in [1.807, 2.05) is 11.8 Å². The zero-order valence-corrected chi connectivity index (χ0v) is 20.3. The van der Waals surface area contributed by atoms with E-state index in [0.29, 0.717) is 37.6 Å². The molecule has 1 aromatic carbocycles. The van der Waals surface area contributed by atoms with E-state index in [4.69, 9.17) is 5.41 Å². The van der Waals surface area contributed by atoms with Crippen LogP contribution < -0.4 is 5.32 Å². The normalized spacial score (nSPS) is 18.7. The number of nitrogens with one attached hydrogen (secondary N) is 2. The summed E-state index contributed by atoms with van der Waals surface area (Å²) in [6.45, 7) is 3.16. The first kappa shape index (κ1) is 24.7. The summed E-state index contributed by atoms with van der Waals surface area (Å²) >= 11 is 0. The monoisotopic (exact) mass is 482 g/mol. The van der Waals surface area contributed by atoms with Gasteiger partial charge in [0.2, 0.25) is 11.9 Å². The Morgan fingerprint density at radius 1 is 1.16 bits per heavy atom. The van der Waals surface area contributed by atoms with Crippen LogP contribution in [0.5, 0.6) is 0 Å². The lowest BCUT2D eigenvalue weighted by molar-refractivity contribution is -0.120. The van der Waals surface area contributed by atoms with Crippen LogP contribution in [0.1, 0.15) is 51.0 Å². The molecule has 0 radical (unpaired) electrons. The Bertz CT molecular complexity index is 928. The maximum atomic E-state index is 13.1. The molecule has 1 atom stereocenters. The average molecular weight is 483 g/mol. The van der Waals surface area contributed by atoms with Crippen molar-refractivity contribution in [2.45, 2.75) is 62.8 Å². The minimum Gasteiger partial charge on any atom is -0.356 e. The molecule has 0 bridgehead atoms. The van der Waals surface area contributed by atoms with Gasteiger partial charge in [-0.1, -0.05) is 38.3 Å². The summed E-state index contributed by atoms with van der Waals surface area (Å²) in [5.74, 6) is 0.894. The predicted octanol–water partition coefficient (Wildman–Crippen LogP) is 2.08. The van der Waals surface area contributed by atoms with Crippen LogP contribution in [-0.4, -0.2) is 70.9 Å². The van der Waals surface area contributed by atoms with Crippen molar-refractivity contribution in [3.05, 3.63) is 29.8 Å². The van der Waals surface area contributed by atoms with Crippen LogP contribution >= 0.6 is 0 Å². The first-order chi connectivity index (χ1) is 15.3. The van der Waals surface area contributed by atoms with E-state index in [1.54, 1.807) is 24.3 Å². The Morgan fingerprint density at radius 3 is 2.50 bits per heavy atom. The van der Waals surface area contributed by atoms with Crippen LogP contribution in [0.2, 0.25) is 0 Å². The van der Waals surface area contributed by atoms with Crippen LogP contribution in [0.15, 0.2) is 29.2 Å². The van der Waals surface area contributed by atoms with E-state index < -0.39 is 20.8 Å². The second-order valence-electron chi connectivity index (χ2n) is 8.31. The molecular formula is C22H34N4O4S2. The van der Waals surface area contributed by atoms with Gasteiger partial charge in [-0.3, -0.25) is 14.4 Å².